The number of anilines is 1. The fourth-order valence-electron chi connectivity index (χ4n) is 3.24. The second kappa shape index (κ2) is 13.8. The number of hydrogen-bond acceptors (Lipinski definition) is 6. The summed E-state index contributed by atoms with van der Waals surface area (Å²) in [7, 11) is 1.87. The third-order valence-electron chi connectivity index (χ3n) is 4.75. The quantitative estimate of drug-likeness (QED) is 0.420. The Hall–Kier alpha value is -2.38. The van der Waals surface area contributed by atoms with E-state index in [1.54, 1.807) is 0 Å². The van der Waals surface area contributed by atoms with Gasteiger partial charge in [0.2, 0.25) is 0 Å². The Kier molecular flexibility index (Phi) is 11.1. The van der Waals surface area contributed by atoms with E-state index in [4.69, 9.17) is 16.3 Å². The molecule has 0 saturated carbocycles. The highest BCUT2D eigenvalue weighted by molar-refractivity contribution is 6.33. The van der Waals surface area contributed by atoms with Crippen molar-refractivity contribution in [3.8, 4) is 5.75 Å². The van der Waals surface area contributed by atoms with E-state index in [1.807, 2.05) is 62.5 Å². The van der Waals surface area contributed by atoms with Crippen LogP contribution >= 0.6 is 11.6 Å². The van der Waals surface area contributed by atoms with Gasteiger partial charge in [-0.25, -0.2) is 0 Å². The molecule has 1 atom stereocenters. The predicted molar refractivity (Wildman–Crippen MR) is 128 cm³/mol. The number of benzene rings is 2. The molecule has 0 amide bonds. The first-order chi connectivity index (χ1) is 15.1. The SMILES string of the molecule is C1COCCN1.CCC=O.CNC(c1ccccc1)c1cc(Cl)c2c(c1O)NCC=C2. The van der Waals surface area contributed by atoms with Gasteiger partial charge in [-0.3, -0.25) is 0 Å². The number of carbonyl (C=O) groups is 1. The van der Waals surface area contributed by atoms with Crippen molar-refractivity contribution in [3.05, 3.63) is 64.2 Å². The van der Waals surface area contributed by atoms with Crippen molar-refractivity contribution in [1.29, 1.82) is 0 Å². The van der Waals surface area contributed by atoms with Gasteiger partial charge in [0.05, 0.1) is 30.0 Å². The van der Waals surface area contributed by atoms with Gasteiger partial charge in [0.1, 0.15) is 12.0 Å². The molecule has 0 aromatic heterocycles. The van der Waals surface area contributed by atoms with Gasteiger partial charge in [0, 0.05) is 37.2 Å². The molecule has 0 bridgehead atoms. The highest BCUT2D eigenvalue weighted by Gasteiger charge is 2.22. The first-order valence-electron chi connectivity index (χ1n) is 10.5. The third-order valence-corrected chi connectivity index (χ3v) is 5.06. The molecule has 4 rings (SSSR count). The van der Waals surface area contributed by atoms with Gasteiger partial charge in [-0.15, -0.1) is 0 Å². The van der Waals surface area contributed by atoms with E-state index in [0.717, 1.165) is 49.3 Å². The fourth-order valence-corrected chi connectivity index (χ4v) is 3.51. The number of halogens is 1. The summed E-state index contributed by atoms with van der Waals surface area (Å²) in [5, 5.41) is 20.9. The number of ether oxygens (including phenoxy) is 1. The largest absolute Gasteiger partial charge is 0.505 e. The van der Waals surface area contributed by atoms with Crippen molar-refractivity contribution in [3.63, 3.8) is 0 Å². The second-order valence-electron chi connectivity index (χ2n) is 6.94. The summed E-state index contributed by atoms with van der Waals surface area (Å²) in [6.45, 7) is 6.34. The Morgan fingerprint density at radius 3 is 2.45 bits per heavy atom. The molecule has 0 aliphatic carbocycles. The lowest BCUT2D eigenvalue weighted by Gasteiger charge is -2.23. The van der Waals surface area contributed by atoms with Crippen LogP contribution in [0.5, 0.6) is 5.75 Å². The molecule has 2 aliphatic rings. The molecule has 2 aromatic rings. The number of nitrogens with one attached hydrogen (secondary N) is 3. The molecule has 0 spiro atoms. The molecule has 1 saturated heterocycles. The molecule has 31 heavy (non-hydrogen) atoms. The Labute approximate surface area is 189 Å². The van der Waals surface area contributed by atoms with Gasteiger partial charge >= 0.3 is 0 Å². The molecular weight excluding hydrogens is 414 g/mol. The number of phenols is 1. The summed E-state index contributed by atoms with van der Waals surface area (Å²) >= 11 is 6.38. The zero-order chi connectivity index (χ0) is 22.5. The molecule has 0 radical (unpaired) electrons. The highest BCUT2D eigenvalue weighted by Crippen LogP contribution is 2.42. The predicted octanol–water partition coefficient (Wildman–Crippen LogP) is 3.99. The number of aromatic hydroxyl groups is 1. The number of rotatable bonds is 4. The normalized spacial score (nSPS) is 15.2. The lowest BCUT2D eigenvalue weighted by molar-refractivity contribution is -0.107. The molecule has 7 heteroatoms. The maximum absolute atomic E-state index is 10.6. The van der Waals surface area contributed by atoms with Crippen molar-refractivity contribution < 1.29 is 14.6 Å². The number of morpholine rings is 1. The standard InChI is InChI=1S/C17H17ClN2O.C4H9NO.C3H6O/c1-19-15(11-6-3-2-4-7-11)13-10-14(18)12-8-5-9-20-16(12)17(13)21;1-3-6-4-2-5-1;1-2-3-4/h2-8,10,15,19-21H,9H2,1H3;5H,1-4H2;3H,2H2,1H3. The third kappa shape index (κ3) is 7.36. The van der Waals surface area contributed by atoms with Gasteiger partial charge in [0.25, 0.3) is 0 Å². The minimum Gasteiger partial charge on any atom is -0.505 e. The monoisotopic (exact) mass is 445 g/mol. The lowest BCUT2D eigenvalue weighted by Crippen LogP contribution is -2.30. The Bertz CT molecular complexity index is 828. The molecule has 6 nitrogen and oxygen atoms in total. The van der Waals surface area contributed by atoms with E-state index < -0.39 is 0 Å². The van der Waals surface area contributed by atoms with Crippen LogP contribution in [0.3, 0.4) is 0 Å². The average Bonchev–Trinajstić information content (AvgIpc) is 2.85. The maximum Gasteiger partial charge on any atom is 0.144 e. The van der Waals surface area contributed by atoms with E-state index in [-0.39, 0.29) is 11.8 Å². The van der Waals surface area contributed by atoms with Crippen LogP contribution in [-0.2, 0) is 9.53 Å². The van der Waals surface area contributed by atoms with E-state index >= 15 is 0 Å². The van der Waals surface area contributed by atoms with Gasteiger partial charge in [-0.1, -0.05) is 61.0 Å². The van der Waals surface area contributed by atoms with Crippen molar-refractivity contribution in [2.45, 2.75) is 19.4 Å². The molecule has 2 heterocycles. The van der Waals surface area contributed by atoms with Gasteiger partial charge in [0.15, 0.2) is 0 Å². The van der Waals surface area contributed by atoms with Crippen LogP contribution in [0, 0.1) is 0 Å². The summed E-state index contributed by atoms with van der Waals surface area (Å²) in [6, 6.07) is 11.7. The number of aldehydes is 1. The van der Waals surface area contributed by atoms with Crippen molar-refractivity contribution in [1.82, 2.24) is 10.6 Å². The van der Waals surface area contributed by atoms with E-state index in [0.29, 0.717) is 23.7 Å². The minimum atomic E-state index is -0.110. The Morgan fingerprint density at radius 2 is 1.94 bits per heavy atom. The summed E-state index contributed by atoms with van der Waals surface area (Å²) < 4.78 is 5.01. The van der Waals surface area contributed by atoms with Crippen LogP contribution in [0.25, 0.3) is 6.08 Å². The van der Waals surface area contributed by atoms with Crippen molar-refractivity contribution >= 4 is 29.7 Å². The van der Waals surface area contributed by atoms with Crippen LogP contribution in [0.15, 0.2) is 42.5 Å². The van der Waals surface area contributed by atoms with E-state index in [2.05, 4.69) is 16.0 Å². The topological polar surface area (TPSA) is 82.6 Å². The van der Waals surface area contributed by atoms with Gasteiger partial charge in [-0.05, 0) is 18.7 Å². The highest BCUT2D eigenvalue weighted by atomic mass is 35.5. The molecular formula is C24H32ClN3O3. The van der Waals surface area contributed by atoms with Crippen LogP contribution in [0.2, 0.25) is 5.02 Å². The summed E-state index contributed by atoms with van der Waals surface area (Å²) in [5.41, 5.74) is 3.40. The number of phenolic OH excluding ortho intramolecular Hbond substituents is 1. The van der Waals surface area contributed by atoms with Crippen molar-refractivity contribution in [2.24, 2.45) is 0 Å². The van der Waals surface area contributed by atoms with Crippen LogP contribution in [0.4, 0.5) is 5.69 Å². The van der Waals surface area contributed by atoms with Crippen molar-refractivity contribution in [2.75, 3.05) is 45.2 Å². The molecule has 1 fully saturated rings. The number of fused-ring (bicyclic) bond motifs is 1. The molecule has 1 unspecified atom stereocenters. The summed E-state index contributed by atoms with van der Waals surface area (Å²) in [6.07, 6.45) is 5.44. The second-order valence-corrected chi connectivity index (χ2v) is 7.35. The number of hydrogen-bond donors (Lipinski definition) is 4. The molecule has 2 aromatic carbocycles. The molecule has 168 valence electrons. The van der Waals surface area contributed by atoms with Gasteiger partial charge in [-0.2, -0.15) is 0 Å². The zero-order valence-corrected chi connectivity index (χ0v) is 18.9. The Balaban J connectivity index is 0.000000283. The van der Waals surface area contributed by atoms with Crippen LogP contribution in [0.1, 0.15) is 36.1 Å². The smallest absolute Gasteiger partial charge is 0.144 e. The van der Waals surface area contributed by atoms with Gasteiger partial charge < -0.3 is 30.6 Å². The van der Waals surface area contributed by atoms with Crippen LogP contribution < -0.4 is 16.0 Å². The summed E-state index contributed by atoms with van der Waals surface area (Å²) in [4.78, 5) is 9.17. The molecule has 4 N–H and O–H groups in total. The fraction of sp³-hybridized carbons (Fsp3) is 0.375. The van der Waals surface area contributed by atoms with Crippen LogP contribution in [-0.4, -0.2) is 51.3 Å². The number of carbonyl (C=O) groups excluding carboxylic acids is 1. The van der Waals surface area contributed by atoms with E-state index in [9.17, 15) is 9.90 Å². The Morgan fingerprint density at radius 1 is 1.26 bits per heavy atom. The zero-order valence-electron chi connectivity index (χ0n) is 18.2. The molecule has 2 aliphatic heterocycles. The maximum atomic E-state index is 10.6. The first-order valence-corrected chi connectivity index (χ1v) is 10.9. The lowest BCUT2D eigenvalue weighted by atomic mass is 9.94. The average molecular weight is 446 g/mol. The minimum absolute atomic E-state index is 0.110. The van der Waals surface area contributed by atoms with E-state index in [1.165, 1.54) is 0 Å². The summed E-state index contributed by atoms with van der Waals surface area (Å²) in [5.74, 6) is 0.252. The first kappa shape index (κ1) is 24.9.